The van der Waals surface area contributed by atoms with Gasteiger partial charge in [-0.05, 0) is 33.9 Å². The fourth-order valence-corrected chi connectivity index (χ4v) is 1.31. The van der Waals surface area contributed by atoms with Crippen LogP contribution in [0, 0.1) is 0 Å². The summed E-state index contributed by atoms with van der Waals surface area (Å²) in [4.78, 5) is 3.91. The molecule has 0 spiro atoms. The highest BCUT2D eigenvalue weighted by Gasteiger charge is 2.52. The van der Waals surface area contributed by atoms with Crippen molar-refractivity contribution in [3.63, 3.8) is 0 Å². The first-order valence-electron chi connectivity index (χ1n) is 7.03. The zero-order valence-corrected chi connectivity index (χ0v) is 14.1. The first-order chi connectivity index (χ1) is 8.84. The minimum Gasteiger partial charge on any atom is -0.405 e. The Morgan fingerprint density at radius 1 is 1.00 bits per heavy atom. The second-order valence-electron chi connectivity index (χ2n) is 4.64. The van der Waals surface area contributed by atoms with Crippen LogP contribution in [0.2, 0.25) is 0 Å². The predicted octanol–water partition coefficient (Wildman–Crippen LogP) is 3.21. The second-order valence-corrected chi connectivity index (χ2v) is 4.64. The molecule has 0 aliphatic carbocycles. The molecular formula is C14H31BN2O2. The molecule has 4 nitrogen and oxygen atoms in total. The molecule has 1 heterocycles. The van der Waals surface area contributed by atoms with Crippen molar-refractivity contribution in [1.82, 2.24) is 0 Å². The van der Waals surface area contributed by atoms with Gasteiger partial charge in [-0.15, -0.1) is 0 Å². The molecule has 0 aromatic rings. The molecule has 1 saturated heterocycles. The van der Waals surface area contributed by atoms with E-state index in [2.05, 4.69) is 4.99 Å². The van der Waals surface area contributed by atoms with E-state index in [9.17, 15) is 0 Å². The van der Waals surface area contributed by atoms with Crippen LogP contribution >= 0.6 is 0 Å². The van der Waals surface area contributed by atoms with Gasteiger partial charge < -0.3 is 15.0 Å². The van der Waals surface area contributed by atoms with Crippen LogP contribution in [0.3, 0.4) is 0 Å². The van der Waals surface area contributed by atoms with Gasteiger partial charge in [-0.1, -0.05) is 27.7 Å². The van der Waals surface area contributed by atoms with Gasteiger partial charge in [0.2, 0.25) is 0 Å². The van der Waals surface area contributed by atoms with Gasteiger partial charge in [-0.3, -0.25) is 4.99 Å². The predicted molar refractivity (Wildman–Crippen MR) is 85.5 cm³/mol. The van der Waals surface area contributed by atoms with Crippen LogP contribution in [-0.4, -0.2) is 31.6 Å². The summed E-state index contributed by atoms with van der Waals surface area (Å²) in [6, 6.07) is 0. The van der Waals surface area contributed by atoms with Gasteiger partial charge in [-0.25, -0.2) is 0 Å². The molecule has 2 N–H and O–H groups in total. The number of aliphatic imine (C=N–C) groups is 1. The van der Waals surface area contributed by atoms with Crippen molar-refractivity contribution in [2.24, 2.45) is 10.7 Å². The lowest BCUT2D eigenvalue weighted by Crippen LogP contribution is -2.41. The monoisotopic (exact) mass is 270 g/mol. The smallest absolute Gasteiger partial charge is 0.405 e. The van der Waals surface area contributed by atoms with Crippen molar-refractivity contribution >= 4 is 13.3 Å². The van der Waals surface area contributed by atoms with Crippen LogP contribution in [0.4, 0.5) is 0 Å². The van der Waals surface area contributed by atoms with E-state index in [0.29, 0.717) is 0 Å². The molecule has 0 aromatic carbocycles. The van der Waals surface area contributed by atoms with Crippen LogP contribution in [0.5, 0.6) is 0 Å². The van der Waals surface area contributed by atoms with E-state index in [1.165, 1.54) is 6.20 Å². The van der Waals surface area contributed by atoms with E-state index in [0.717, 1.165) is 5.47 Å². The summed E-state index contributed by atoms with van der Waals surface area (Å²) in [7, 11) is 1.26. The zero-order chi connectivity index (χ0) is 15.7. The number of nitrogens with two attached hydrogens (primary N) is 1. The summed E-state index contributed by atoms with van der Waals surface area (Å²) < 4.78 is 11.6. The Bertz CT molecular complexity index is 284. The van der Waals surface area contributed by atoms with Gasteiger partial charge >= 0.3 is 7.12 Å². The van der Waals surface area contributed by atoms with E-state index in [1.54, 1.807) is 13.3 Å². The molecule has 1 aliphatic rings. The van der Waals surface area contributed by atoms with Crippen LogP contribution in [0.1, 0.15) is 55.4 Å². The average Bonchev–Trinajstić information content (AvgIpc) is 2.60. The molecule has 0 bridgehead atoms. The normalized spacial score (nSPS) is 20.5. The van der Waals surface area contributed by atoms with Gasteiger partial charge in [-0.2, -0.15) is 0 Å². The average molecular weight is 270 g/mol. The van der Waals surface area contributed by atoms with E-state index in [4.69, 9.17) is 15.0 Å². The lowest BCUT2D eigenvalue weighted by atomic mass is 9.79. The van der Waals surface area contributed by atoms with E-state index < -0.39 is 7.12 Å². The summed E-state index contributed by atoms with van der Waals surface area (Å²) in [6.07, 6.45) is 3.12. The highest BCUT2D eigenvalue weighted by molar-refractivity contribution is 6.60. The Labute approximate surface area is 119 Å². The Kier molecular flexibility index (Phi) is 9.88. The largest absolute Gasteiger partial charge is 0.497 e. The van der Waals surface area contributed by atoms with Crippen molar-refractivity contribution < 1.29 is 9.31 Å². The molecule has 1 rings (SSSR count). The first kappa shape index (κ1) is 20.5. The number of hydrogen-bond acceptors (Lipinski definition) is 4. The van der Waals surface area contributed by atoms with E-state index >= 15 is 0 Å². The molecule has 0 unspecified atom stereocenters. The standard InChI is InChI=1S/C10H19BN2O2.2C2H6/c1-9(2)10(3,4)15-11(14-9)8(6-12)7-13-5;2*1-2/h6-7H,12H2,1-5H3;2*1-2H3/b8-6+,13-7?;;. The first-order valence-corrected chi connectivity index (χ1v) is 7.03. The summed E-state index contributed by atoms with van der Waals surface area (Å²) in [6.45, 7) is 16.0. The lowest BCUT2D eigenvalue weighted by Gasteiger charge is -2.32. The van der Waals surface area contributed by atoms with E-state index in [1.807, 2.05) is 55.4 Å². The number of rotatable bonds is 2. The zero-order valence-electron chi connectivity index (χ0n) is 14.1. The van der Waals surface area contributed by atoms with Gasteiger partial charge in [0.25, 0.3) is 0 Å². The highest BCUT2D eigenvalue weighted by Crippen LogP contribution is 2.38. The Morgan fingerprint density at radius 3 is 1.63 bits per heavy atom. The van der Waals surface area contributed by atoms with Crippen molar-refractivity contribution in [1.29, 1.82) is 0 Å². The van der Waals surface area contributed by atoms with Crippen LogP contribution in [-0.2, 0) is 9.31 Å². The van der Waals surface area contributed by atoms with Gasteiger partial charge in [0.1, 0.15) is 0 Å². The number of allylic oxidation sites excluding steroid dienone is 1. The molecule has 0 atom stereocenters. The van der Waals surface area contributed by atoms with Crippen molar-refractivity contribution in [3.05, 3.63) is 11.7 Å². The maximum atomic E-state index is 5.81. The molecule has 0 saturated carbocycles. The van der Waals surface area contributed by atoms with Crippen LogP contribution in [0.25, 0.3) is 0 Å². The molecule has 5 heteroatoms. The third kappa shape index (κ3) is 5.37. The van der Waals surface area contributed by atoms with Gasteiger partial charge in [0, 0.05) is 18.7 Å². The van der Waals surface area contributed by atoms with Crippen molar-refractivity contribution in [2.75, 3.05) is 7.05 Å². The maximum absolute atomic E-state index is 5.81. The number of nitrogens with zero attached hydrogens (tertiary/aromatic N) is 1. The second kappa shape index (κ2) is 9.15. The fourth-order valence-electron chi connectivity index (χ4n) is 1.31. The van der Waals surface area contributed by atoms with Gasteiger partial charge in [0.05, 0.1) is 11.2 Å². The quantitative estimate of drug-likeness (QED) is 0.619. The Balaban J connectivity index is 0. The Hall–Kier alpha value is -0.805. The summed E-state index contributed by atoms with van der Waals surface area (Å²) in [5.41, 5.74) is 5.57. The molecular weight excluding hydrogens is 239 g/mol. The van der Waals surface area contributed by atoms with Crippen molar-refractivity contribution in [2.45, 2.75) is 66.6 Å². The van der Waals surface area contributed by atoms with Crippen LogP contribution < -0.4 is 5.73 Å². The molecule has 0 radical (unpaired) electrons. The van der Waals surface area contributed by atoms with Gasteiger partial charge in [0.15, 0.2) is 0 Å². The van der Waals surface area contributed by atoms with Crippen molar-refractivity contribution in [3.8, 4) is 0 Å². The summed E-state index contributed by atoms with van der Waals surface area (Å²) in [5.74, 6) is 0. The maximum Gasteiger partial charge on any atom is 0.497 e. The molecule has 19 heavy (non-hydrogen) atoms. The van der Waals surface area contributed by atoms with Crippen LogP contribution in [0.15, 0.2) is 16.7 Å². The molecule has 112 valence electrons. The van der Waals surface area contributed by atoms with E-state index in [-0.39, 0.29) is 11.2 Å². The molecule has 1 aliphatic heterocycles. The molecule has 1 fully saturated rings. The third-order valence-electron chi connectivity index (χ3n) is 3.00. The third-order valence-corrected chi connectivity index (χ3v) is 3.00. The summed E-state index contributed by atoms with van der Waals surface area (Å²) in [5, 5.41) is 0. The fraction of sp³-hybridized carbons (Fsp3) is 0.786. The molecule has 0 amide bonds. The minimum absolute atomic E-state index is 0.340. The Morgan fingerprint density at radius 2 is 1.37 bits per heavy atom. The topological polar surface area (TPSA) is 56.8 Å². The minimum atomic E-state index is -0.427. The lowest BCUT2D eigenvalue weighted by molar-refractivity contribution is 0.00578. The molecule has 0 aromatic heterocycles. The summed E-state index contributed by atoms with van der Waals surface area (Å²) >= 11 is 0. The SMILES string of the molecule is CC.CC.CN=C/C(=C\N)B1OC(C)(C)C(C)(C)O1. The number of hydrogen-bond donors (Lipinski definition) is 1. The highest BCUT2D eigenvalue weighted by atomic mass is 16.7.